The second-order valence-electron chi connectivity index (χ2n) is 4.58. The molecule has 0 aromatic carbocycles. The average Bonchev–Trinajstić information content (AvgIpc) is 2.15. The molecule has 0 rings (SSSR count). The second kappa shape index (κ2) is 9.13. The lowest BCUT2D eigenvalue weighted by Crippen LogP contribution is -2.42. The van der Waals surface area contributed by atoms with E-state index in [-0.39, 0.29) is 6.10 Å². The number of aliphatic hydroxyl groups is 1. The van der Waals surface area contributed by atoms with Gasteiger partial charge in [-0.15, -0.1) is 0 Å². The van der Waals surface area contributed by atoms with E-state index in [1.54, 1.807) is 0 Å². The maximum Gasteiger partial charge on any atom is 0.0526 e. The van der Waals surface area contributed by atoms with Crippen molar-refractivity contribution < 1.29 is 5.11 Å². The Morgan fingerprint density at radius 2 is 1.93 bits per heavy atom. The van der Waals surface area contributed by atoms with Crippen LogP contribution in [0, 0.1) is 0 Å². The van der Waals surface area contributed by atoms with E-state index < -0.39 is 0 Å². The van der Waals surface area contributed by atoms with Gasteiger partial charge >= 0.3 is 0 Å². The van der Waals surface area contributed by atoms with E-state index in [1.807, 2.05) is 6.92 Å². The summed E-state index contributed by atoms with van der Waals surface area (Å²) in [4.78, 5) is 0. The quantitative estimate of drug-likeness (QED) is 0.514. The van der Waals surface area contributed by atoms with Gasteiger partial charge in [-0.05, 0) is 26.7 Å². The normalized spacial score (nSPS) is 17.4. The molecule has 0 amide bonds. The maximum absolute atomic E-state index is 9.25. The lowest BCUT2D eigenvalue weighted by molar-refractivity contribution is 0.167. The molecule has 4 N–H and O–H groups in total. The fourth-order valence-corrected chi connectivity index (χ4v) is 1.89. The highest BCUT2D eigenvalue weighted by molar-refractivity contribution is 4.73. The van der Waals surface area contributed by atoms with Gasteiger partial charge in [0.25, 0.3) is 0 Å². The Morgan fingerprint density at radius 1 is 1.27 bits per heavy atom. The number of rotatable bonds is 9. The van der Waals surface area contributed by atoms with Gasteiger partial charge in [-0.3, -0.25) is 0 Å². The van der Waals surface area contributed by atoms with Gasteiger partial charge in [0.1, 0.15) is 0 Å². The predicted octanol–water partition coefficient (Wildman–Crippen LogP) is 1.64. The topological polar surface area (TPSA) is 58.3 Å². The largest absolute Gasteiger partial charge is 0.393 e. The standard InChI is InChI=1S/C12H28N2O/c1-4-5-6-7-12(9-13)14-10(2)8-11(3)15/h10-12,14-15H,4-9,13H2,1-3H3. The van der Waals surface area contributed by atoms with Crippen LogP contribution in [0.2, 0.25) is 0 Å². The molecular weight excluding hydrogens is 188 g/mol. The minimum Gasteiger partial charge on any atom is -0.393 e. The molecule has 3 nitrogen and oxygen atoms in total. The lowest BCUT2D eigenvalue weighted by atomic mass is 10.1. The van der Waals surface area contributed by atoms with Crippen molar-refractivity contribution in [3.63, 3.8) is 0 Å². The summed E-state index contributed by atoms with van der Waals surface area (Å²) >= 11 is 0. The van der Waals surface area contributed by atoms with E-state index in [1.165, 1.54) is 19.3 Å². The monoisotopic (exact) mass is 216 g/mol. The zero-order valence-corrected chi connectivity index (χ0v) is 10.5. The van der Waals surface area contributed by atoms with Crippen LogP contribution in [0.25, 0.3) is 0 Å². The molecule has 0 heterocycles. The van der Waals surface area contributed by atoms with Crippen molar-refractivity contribution in [3.05, 3.63) is 0 Å². The van der Waals surface area contributed by atoms with Crippen molar-refractivity contribution in [1.29, 1.82) is 0 Å². The zero-order valence-electron chi connectivity index (χ0n) is 10.5. The molecule has 0 saturated heterocycles. The van der Waals surface area contributed by atoms with Crippen LogP contribution in [-0.4, -0.2) is 29.8 Å². The second-order valence-corrected chi connectivity index (χ2v) is 4.58. The fourth-order valence-electron chi connectivity index (χ4n) is 1.89. The van der Waals surface area contributed by atoms with Gasteiger partial charge in [0.15, 0.2) is 0 Å². The van der Waals surface area contributed by atoms with E-state index in [2.05, 4.69) is 19.2 Å². The molecule has 0 aromatic rings. The molecule has 0 aromatic heterocycles. The van der Waals surface area contributed by atoms with Gasteiger partial charge in [-0.25, -0.2) is 0 Å². The Labute approximate surface area is 94.4 Å². The van der Waals surface area contributed by atoms with Crippen LogP contribution in [0.15, 0.2) is 0 Å². The Bertz CT molecular complexity index is 140. The first-order valence-corrected chi connectivity index (χ1v) is 6.24. The van der Waals surface area contributed by atoms with Crippen molar-refractivity contribution >= 4 is 0 Å². The highest BCUT2D eigenvalue weighted by Crippen LogP contribution is 2.05. The number of hydrogen-bond acceptors (Lipinski definition) is 3. The van der Waals surface area contributed by atoms with Crippen LogP contribution in [0.3, 0.4) is 0 Å². The molecule has 0 bridgehead atoms. The van der Waals surface area contributed by atoms with Crippen molar-refractivity contribution in [2.75, 3.05) is 6.54 Å². The first-order chi connectivity index (χ1) is 7.10. The molecule has 3 heteroatoms. The van der Waals surface area contributed by atoms with Gasteiger partial charge < -0.3 is 16.2 Å². The zero-order chi connectivity index (χ0) is 11.7. The molecule has 0 saturated carbocycles. The fraction of sp³-hybridized carbons (Fsp3) is 1.00. The molecule has 0 aliphatic heterocycles. The number of aliphatic hydroxyl groups excluding tert-OH is 1. The highest BCUT2D eigenvalue weighted by atomic mass is 16.3. The Balaban J connectivity index is 3.67. The van der Waals surface area contributed by atoms with Gasteiger partial charge in [-0.2, -0.15) is 0 Å². The van der Waals surface area contributed by atoms with Crippen LogP contribution in [0.4, 0.5) is 0 Å². The number of nitrogens with one attached hydrogen (secondary N) is 1. The number of unbranched alkanes of at least 4 members (excludes halogenated alkanes) is 2. The summed E-state index contributed by atoms with van der Waals surface area (Å²) in [5.41, 5.74) is 5.71. The molecule has 15 heavy (non-hydrogen) atoms. The lowest BCUT2D eigenvalue weighted by Gasteiger charge is -2.23. The molecule has 92 valence electrons. The summed E-state index contributed by atoms with van der Waals surface area (Å²) in [6.07, 6.45) is 5.48. The van der Waals surface area contributed by atoms with Crippen LogP contribution in [-0.2, 0) is 0 Å². The van der Waals surface area contributed by atoms with Crippen molar-refractivity contribution in [2.45, 2.75) is 71.1 Å². The highest BCUT2D eigenvalue weighted by Gasteiger charge is 2.11. The molecule has 0 aliphatic carbocycles. The van der Waals surface area contributed by atoms with Crippen LogP contribution >= 0.6 is 0 Å². The van der Waals surface area contributed by atoms with Gasteiger partial charge in [0.05, 0.1) is 6.10 Å². The van der Waals surface area contributed by atoms with Gasteiger partial charge in [0, 0.05) is 18.6 Å². The van der Waals surface area contributed by atoms with Crippen LogP contribution in [0.1, 0.15) is 52.9 Å². The average molecular weight is 216 g/mol. The summed E-state index contributed by atoms with van der Waals surface area (Å²) in [5, 5.41) is 12.7. The van der Waals surface area contributed by atoms with E-state index in [4.69, 9.17) is 5.73 Å². The Hall–Kier alpha value is -0.120. The van der Waals surface area contributed by atoms with Gasteiger partial charge in [-0.1, -0.05) is 26.2 Å². The summed E-state index contributed by atoms with van der Waals surface area (Å²) in [6.45, 7) is 6.83. The van der Waals surface area contributed by atoms with Crippen LogP contribution in [0.5, 0.6) is 0 Å². The number of hydrogen-bond donors (Lipinski definition) is 3. The predicted molar refractivity (Wildman–Crippen MR) is 65.9 cm³/mol. The summed E-state index contributed by atoms with van der Waals surface area (Å²) < 4.78 is 0. The molecule has 0 spiro atoms. The molecule has 3 unspecified atom stereocenters. The third-order valence-electron chi connectivity index (χ3n) is 2.66. The summed E-state index contributed by atoms with van der Waals surface area (Å²) in [6, 6.07) is 0.755. The number of nitrogens with two attached hydrogens (primary N) is 1. The molecule has 3 atom stereocenters. The summed E-state index contributed by atoms with van der Waals surface area (Å²) in [7, 11) is 0. The molecule has 0 radical (unpaired) electrons. The van der Waals surface area contributed by atoms with Crippen molar-refractivity contribution in [1.82, 2.24) is 5.32 Å². The van der Waals surface area contributed by atoms with E-state index >= 15 is 0 Å². The van der Waals surface area contributed by atoms with Crippen LogP contribution < -0.4 is 11.1 Å². The Morgan fingerprint density at radius 3 is 2.40 bits per heavy atom. The SMILES string of the molecule is CCCCCC(CN)NC(C)CC(C)O. The molecular formula is C12H28N2O. The first-order valence-electron chi connectivity index (χ1n) is 6.24. The third kappa shape index (κ3) is 8.85. The van der Waals surface area contributed by atoms with E-state index in [0.29, 0.717) is 18.6 Å². The summed E-state index contributed by atoms with van der Waals surface area (Å²) in [5.74, 6) is 0. The first kappa shape index (κ1) is 14.9. The Kier molecular flexibility index (Phi) is 9.06. The third-order valence-corrected chi connectivity index (χ3v) is 2.66. The maximum atomic E-state index is 9.25. The minimum atomic E-state index is -0.235. The van der Waals surface area contributed by atoms with Gasteiger partial charge in [0.2, 0.25) is 0 Å². The smallest absolute Gasteiger partial charge is 0.0526 e. The molecule has 0 fully saturated rings. The van der Waals surface area contributed by atoms with E-state index in [0.717, 1.165) is 12.8 Å². The van der Waals surface area contributed by atoms with E-state index in [9.17, 15) is 5.11 Å². The minimum absolute atomic E-state index is 0.235. The molecule has 0 aliphatic rings. The van der Waals surface area contributed by atoms with Crippen molar-refractivity contribution in [2.24, 2.45) is 5.73 Å². The van der Waals surface area contributed by atoms with Crippen molar-refractivity contribution in [3.8, 4) is 0 Å².